The molecule has 0 saturated carbocycles. The molecule has 0 saturated heterocycles. The fourth-order valence-electron chi connectivity index (χ4n) is 4.14. The second kappa shape index (κ2) is 7.37. The molecule has 5 aromatic heterocycles. The smallest absolute Gasteiger partial charge is 0.401 e. The third-order valence-electron chi connectivity index (χ3n) is 5.62. The molecule has 1 unspecified atom stereocenters. The number of hydrogen-bond donors (Lipinski definition) is 1. The molecule has 0 aromatic carbocycles. The Labute approximate surface area is 188 Å². The van der Waals surface area contributed by atoms with Crippen LogP contribution >= 0.6 is 0 Å². The molecule has 0 amide bonds. The van der Waals surface area contributed by atoms with Crippen molar-refractivity contribution in [1.82, 2.24) is 34.8 Å². The van der Waals surface area contributed by atoms with Crippen LogP contribution in [0.4, 0.5) is 23.6 Å². The second-order valence-electron chi connectivity index (χ2n) is 7.65. The van der Waals surface area contributed by atoms with Crippen LogP contribution in [0.1, 0.15) is 28.8 Å². The second-order valence-corrected chi connectivity index (χ2v) is 7.65. The number of hydrogen-bond acceptors (Lipinski definition) is 7. The van der Waals surface area contributed by atoms with Gasteiger partial charge in [0.05, 0.1) is 23.2 Å². The zero-order chi connectivity index (χ0) is 23.4. The van der Waals surface area contributed by atoms with Gasteiger partial charge in [0.25, 0.3) is 5.89 Å². The number of rotatable bonds is 3. The number of halogens is 4. The molecular formula is C21H14F4N8O. The lowest BCUT2D eigenvalue weighted by Crippen LogP contribution is -2.37. The molecule has 9 nitrogen and oxygen atoms in total. The summed E-state index contributed by atoms with van der Waals surface area (Å²) in [6, 6.07) is 7.40. The van der Waals surface area contributed by atoms with Crippen molar-refractivity contribution in [2.24, 2.45) is 0 Å². The van der Waals surface area contributed by atoms with Gasteiger partial charge in [-0.05, 0) is 30.3 Å². The van der Waals surface area contributed by atoms with E-state index in [4.69, 9.17) is 4.42 Å². The van der Waals surface area contributed by atoms with Crippen molar-refractivity contribution in [3.8, 4) is 11.6 Å². The van der Waals surface area contributed by atoms with Crippen LogP contribution < -0.4 is 4.90 Å². The highest BCUT2D eigenvalue weighted by Crippen LogP contribution is 2.38. The maximum Gasteiger partial charge on any atom is 0.433 e. The van der Waals surface area contributed by atoms with E-state index in [0.717, 1.165) is 16.3 Å². The van der Waals surface area contributed by atoms with Gasteiger partial charge in [0.2, 0.25) is 0 Å². The lowest BCUT2D eigenvalue weighted by molar-refractivity contribution is -0.142. The van der Waals surface area contributed by atoms with Crippen LogP contribution in [0.2, 0.25) is 0 Å². The molecule has 1 N–H and O–H groups in total. The summed E-state index contributed by atoms with van der Waals surface area (Å²) in [5, 5.41) is 12.2. The zero-order valence-electron chi connectivity index (χ0n) is 17.2. The molecule has 1 aliphatic heterocycles. The van der Waals surface area contributed by atoms with E-state index in [-0.39, 0.29) is 23.1 Å². The van der Waals surface area contributed by atoms with Crippen molar-refractivity contribution < 1.29 is 22.0 Å². The van der Waals surface area contributed by atoms with E-state index in [1.54, 1.807) is 17.0 Å². The van der Waals surface area contributed by atoms with Gasteiger partial charge in [0.15, 0.2) is 11.5 Å². The summed E-state index contributed by atoms with van der Waals surface area (Å²) in [6.45, 7) is 0.381. The quantitative estimate of drug-likeness (QED) is 0.400. The number of aromatic amines is 1. The van der Waals surface area contributed by atoms with Gasteiger partial charge in [-0.25, -0.2) is 18.9 Å². The van der Waals surface area contributed by atoms with Crippen LogP contribution in [0.25, 0.3) is 17.1 Å². The van der Waals surface area contributed by atoms with E-state index in [1.165, 1.54) is 30.7 Å². The highest BCUT2D eigenvalue weighted by Gasteiger charge is 2.38. The van der Waals surface area contributed by atoms with E-state index < -0.39 is 23.7 Å². The number of fused-ring (bicyclic) bond motifs is 2. The van der Waals surface area contributed by atoms with E-state index in [0.29, 0.717) is 24.4 Å². The highest BCUT2D eigenvalue weighted by molar-refractivity contribution is 5.54. The summed E-state index contributed by atoms with van der Waals surface area (Å²) in [7, 11) is 0. The Balaban J connectivity index is 1.47. The van der Waals surface area contributed by atoms with Crippen LogP contribution in [0.3, 0.4) is 0 Å². The minimum Gasteiger partial charge on any atom is -0.401 e. The maximum atomic E-state index is 14.2. The molecule has 1 aliphatic rings. The zero-order valence-corrected chi connectivity index (χ0v) is 17.2. The molecule has 172 valence electrons. The van der Waals surface area contributed by atoms with Gasteiger partial charge in [-0.1, -0.05) is 11.2 Å². The SMILES string of the molecule is Fc1cccnc1-c1nnc(N2CCc3[nH]cnc3C2c2cc3cccc(C(F)(F)F)n3n2)o1. The average molecular weight is 470 g/mol. The predicted octanol–water partition coefficient (Wildman–Crippen LogP) is 3.81. The number of pyridine rings is 2. The lowest BCUT2D eigenvalue weighted by Gasteiger charge is -2.32. The monoisotopic (exact) mass is 470 g/mol. The Kier molecular flexibility index (Phi) is 4.40. The number of nitrogens with zero attached hydrogens (tertiary/aromatic N) is 7. The van der Waals surface area contributed by atoms with E-state index >= 15 is 0 Å². The Morgan fingerprint density at radius 1 is 1.09 bits per heavy atom. The first-order chi connectivity index (χ1) is 16.4. The third-order valence-corrected chi connectivity index (χ3v) is 5.62. The van der Waals surface area contributed by atoms with Crippen molar-refractivity contribution in [2.75, 3.05) is 11.4 Å². The van der Waals surface area contributed by atoms with E-state index in [9.17, 15) is 17.6 Å². The molecule has 13 heteroatoms. The third kappa shape index (κ3) is 3.19. The van der Waals surface area contributed by atoms with Crippen LogP contribution in [0.5, 0.6) is 0 Å². The normalized spacial score (nSPS) is 16.2. The lowest BCUT2D eigenvalue weighted by atomic mass is 10.0. The van der Waals surface area contributed by atoms with Crippen molar-refractivity contribution in [3.05, 3.63) is 77.5 Å². The van der Waals surface area contributed by atoms with Crippen LogP contribution in [-0.2, 0) is 12.6 Å². The first kappa shape index (κ1) is 20.3. The number of nitrogens with one attached hydrogen (secondary N) is 1. The molecular weight excluding hydrogens is 456 g/mol. The molecule has 5 aromatic rings. The first-order valence-corrected chi connectivity index (χ1v) is 10.2. The van der Waals surface area contributed by atoms with Crippen LogP contribution in [0, 0.1) is 5.82 Å². The van der Waals surface area contributed by atoms with Gasteiger partial charge in [-0.2, -0.15) is 18.3 Å². The standard InChI is InChI=1S/C21H14F4N8O/c22-12-4-2-7-26-16(12)19-29-30-20(34-19)32-8-6-13-17(28-10-27-13)18(32)14-9-11-3-1-5-15(21(23,24)25)33(11)31-14/h1-5,7,9-10,18H,6,8H2,(H,27,28). The summed E-state index contributed by atoms with van der Waals surface area (Å²) >= 11 is 0. The Hall–Kier alpha value is -4.29. The minimum atomic E-state index is -4.58. The summed E-state index contributed by atoms with van der Waals surface area (Å²) in [5.41, 5.74) is 0.990. The number of imidazole rings is 1. The first-order valence-electron chi connectivity index (χ1n) is 10.2. The average Bonchev–Trinajstić information content (AvgIpc) is 3.56. The van der Waals surface area contributed by atoms with E-state index in [1.807, 2.05) is 0 Å². The van der Waals surface area contributed by atoms with Crippen LogP contribution in [0.15, 0.2) is 53.3 Å². The van der Waals surface area contributed by atoms with Gasteiger partial charge >= 0.3 is 12.2 Å². The number of anilines is 1. The topological polar surface area (TPSA) is 101 Å². The summed E-state index contributed by atoms with van der Waals surface area (Å²) in [4.78, 5) is 13.1. The Bertz CT molecular complexity index is 1500. The van der Waals surface area contributed by atoms with Crippen molar-refractivity contribution in [2.45, 2.75) is 18.6 Å². The Morgan fingerprint density at radius 2 is 1.97 bits per heavy atom. The number of H-pyrrole nitrogens is 1. The maximum absolute atomic E-state index is 14.2. The molecule has 6 rings (SSSR count). The fraction of sp³-hybridized carbons (Fsp3) is 0.190. The molecule has 6 heterocycles. The summed E-state index contributed by atoms with van der Waals surface area (Å²) in [5.74, 6) is -0.739. The largest absolute Gasteiger partial charge is 0.433 e. The Morgan fingerprint density at radius 3 is 2.79 bits per heavy atom. The molecule has 0 aliphatic carbocycles. The van der Waals surface area contributed by atoms with Gasteiger partial charge in [0.1, 0.15) is 11.7 Å². The van der Waals surface area contributed by atoms with Gasteiger partial charge < -0.3 is 14.3 Å². The van der Waals surface area contributed by atoms with Crippen LogP contribution in [-0.4, -0.2) is 41.3 Å². The van der Waals surface area contributed by atoms with Crippen molar-refractivity contribution in [1.29, 1.82) is 0 Å². The molecule has 0 radical (unpaired) electrons. The predicted molar refractivity (Wildman–Crippen MR) is 109 cm³/mol. The minimum absolute atomic E-state index is 0.0480. The van der Waals surface area contributed by atoms with Crippen molar-refractivity contribution >= 4 is 11.5 Å². The molecule has 0 bridgehead atoms. The number of alkyl halides is 3. The van der Waals surface area contributed by atoms with Crippen molar-refractivity contribution in [3.63, 3.8) is 0 Å². The number of aromatic nitrogens is 7. The summed E-state index contributed by atoms with van der Waals surface area (Å²) in [6.07, 6.45) is -1.12. The van der Waals surface area contributed by atoms with Gasteiger partial charge in [-0.15, -0.1) is 5.10 Å². The van der Waals surface area contributed by atoms with Gasteiger partial charge in [0, 0.05) is 24.9 Å². The summed E-state index contributed by atoms with van der Waals surface area (Å²) < 4.78 is 61.4. The molecule has 0 fully saturated rings. The van der Waals surface area contributed by atoms with E-state index in [2.05, 4.69) is 30.2 Å². The molecule has 34 heavy (non-hydrogen) atoms. The molecule has 1 atom stereocenters. The molecule has 0 spiro atoms. The van der Waals surface area contributed by atoms with Gasteiger partial charge in [-0.3, -0.25) is 0 Å². The highest BCUT2D eigenvalue weighted by atomic mass is 19.4. The fourth-order valence-corrected chi connectivity index (χ4v) is 4.14.